The van der Waals surface area contributed by atoms with Crippen molar-refractivity contribution >= 4 is 16.8 Å². The van der Waals surface area contributed by atoms with Crippen molar-refractivity contribution in [3.63, 3.8) is 0 Å². The van der Waals surface area contributed by atoms with Crippen LogP contribution in [0, 0.1) is 0 Å². The summed E-state index contributed by atoms with van der Waals surface area (Å²) in [6.45, 7) is 0.665. The molecule has 24 heavy (non-hydrogen) atoms. The fourth-order valence-corrected chi connectivity index (χ4v) is 2.78. The molecule has 1 N–H and O–H groups in total. The van der Waals surface area contributed by atoms with Crippen LogP contribution in [0.3, 0.4) is 0 Å². The quantitative estimate of drug-likeness (QED) is 0.758. The fraction of sp³-hybridized carbons (Fsp3) is 0.211. The first-order chi connectivity index (χ1) is 11.7. The van der Waals surface area contributed by atoms with Crippen molar-refractivity contribution in [2.24, 2.45) is 0 Å². The molecule has 0 radical (unpaired) electrons. The van der Waals surface area contributed by atoms with Gasteiger partial charge in [0.05, 0.1) is 19.7 Å². The largest absolute Gasteiger partial charge is 0.496 e. The molecule has 0 unspecified atom stereocenters. The first-order valence-electron chi connectivity index (χ1n) is 7.73. The molecular formula is C19H20N2O3. The molecule has 0 aliphatic heterocycles. The fourth-order valence-electron chi connectivity index (χ4n) is 2.78. The average Bonchev–Trinajstić information content (AvgIpc) is 3.03. The van der Waals surface area contributed by atoms with Gasteiger partial charge in [0.1, 0.15) is 18.0 Å². The highest BCUT2D eigenvalue weighted by Gasteiger charge is 2.10. The molecule has 2 aromatic carbocycles. The third kappa shape index (κ3) is 3.20. The van der Waals surface area contributed by atoms with Crippen LogP contribution in [0.4, 0.5) is 0 Å². The molecule has 3 aromatic rings. The number of para-hydroxylation sites is 2. The van der Waals surface area contributed by atoms with Crippen molar-refractivity contribution in [1.29, 1.82) is 0 Å². The summed E-state index contributed by atoms with van der Waals surface area (Å²) in [5.74, 6) is 1.46. The van der Waals surface area contributed by atoms with Crippen molar-refractivity contribution in [2.45, 2.75) is 13.1 Å². The lowest BCUT2D eigenvalue weighted by Crippen LogP contribution is -2.27. The number of methoxy groups -OCH3 is 2. The average molecular weight is 324 g/mol. The molecule has 0 atom stereocenters. The number of amides is 1. The first kappa shape index (κ1) is 15.9. The molecular weight excluding hydrogens is 304 g/mol. The van der Waals surface area contributed by atoms with Crippen molar-refractivity contribution in [3.8, 4) is 11.5 Å². The van der Waals surface area contributed by atoms with Gasteiger partial charge >= 0.3 is 0 Å². The zero-order valence-electron chi connectivity index (χ0n) is 13.8. The van der Waals surface area contributed by atoms with Gasteiger partial charge in [-0.05, 0) is 18.2 Å². The van der Waals surface area contributed by atoms with Crippen molar-refractivity contribution in [2.75, 3.05) is 14.2 Å². The van der Waals surface area contributed by atoms with Crippen LogP contribution >= 0.6 is 0 Å². The van der Waals surface area contributed by atoms with E-state index in [9.17, 15) is 4.79 Å². The Hall–Kier alpha value is -2.95. The van der Waals surface area contributed by atoms with Crippen LogP contribution in [-0.4, -0.2) is 24.7 Å². The number of carbonyl (C=O) groups excluding carboxylic acids is 1. The SMILES string of the molecule is COc1ccccc1CNC(=O)Cn1ccc2cccc(OC)c21. The summed E-state index contributed by atoms with van der Waals surface area (Å²) in [6, 6.07) is 15.5. The zero-order chi connectivity index (χ0) is 16.9. The number of benzene rings is 2. The molecule has 0 fully saturated rings. The number of carbonyl (C=O) groups is 1. The Balaban J connectivity index is 1.71. The highest BCUT2D eigenvalue weighted by molar-refractivity contribution is 5.87. The minimum Gasteiger partial charge on any atom is -0.496 e. The number of nitrogens with one attached hydrogen (secondary N) is 1. The smallest absolute Gasteiger partial charge is 0.240 e. The van der Waals surface area contributed by atoms with Crippen LogP contribution in [0.25, 0.3) is 10.9 Å². The maximum atomic E-state index is 12.3. The second-order valence-electron chi connectivity index (χ2n) is 5.43. The minimum atomic E-state index is -0.0655. The lowest BCUT2D eigenvalue weighted by molar-refractivity contribution is -0.121. The molecule has 1 heterocycles. The summed E-state index contributed by atoms with van der Waals surface area (Å²) < 4.78 is 12.6. The third-order valence-corrected chi connectivity index (χ3v) is 3.95. The van der Waals surface area contributed by atoms with E-state index in [1.807, 2.05) is 59.3 Å². The standard InChI is InChI=1S/C19H20N2O3/c1-23-16-8-4-3-6-15(16)12-20-18(22)13-21-11-10-14-7-5-9-17(24-2)19(14)21/h3-11H,12-13H2,1-2H3,(H,20,22). The second kappa shape index (κ2) is 7.08. The van der Waals surface area contributed by atoms with Crippen molar-refractivity contribution in [1.82, 2.24) is 9.88 Å². The van der Waals surface area contributed by atoms with E-state index in [1.165, 1.54) is 0 Å². The molecule has 0 aliphatic carbocycles. The molecule has 0 spiro atoms. The molecule has 1 aromatic heterocycles. The van der Waals surface area contributed by atoms with Gasteiger partial charge in [0, 0.05) is 23.7 Å². The van der Waals surface area contributed by atoms with Gasteiger partial charge in [-0.15, -0.1) is 0 Å². The summed E-state index contributed by atoms with van der Waals surface area (Å²) >= 11 is 0. The van der Waals surface area contributed by atoms with Crippen molar-refractivity contribution in [3.05, 3.63) is 60.3 Å². The van der Waals surface area contributed by atoms with Crippen LogP contribution in [0.1, 0.15) is 5.56 Å². The summed E-state index contributed by atoms with van der Waals surface area (Å²) in [6.07, 6.45) is 1.90. The van der Waals surface area contributed by atoms with E-state index in [0.29, 0.717) is 6.54 Å². The second-order valence-corrected chi connectivity index (χ2v) is 5.43. The lowest BCUT2D eigenvalue weighted by Gasteiger charge is -2.11. The van der Waals surface area contributed by atoms with E-state index in [-0.39, 0.29) is 12.5 Å². The van der Waals surface area contributed by atoms with E-state index < -0.39 is 0 Å². The number of rotatable bonds is 6. The predicted molar refractivity (Wildman–Crippen MR) is 93.3 cm³/mol. The summed E-state index contributed by atoms with van der Waals surface area (Å²) in [5, 5.41) is 3.98. The number of hydrogen-bond donors (Lipinski definition) is 1. The van der Waals surface area contributed by atoms with Crippen LogP contribution in [0.5, 0.6) is 11.5 Å². The molecule has 124 valence electrons. The maximum Gasteiger partial charge on any atom is 0.240 e. The topological polar surface area (TPSA) is 52.5 Å². The van der Waals surface area contributed by atoms with Gasteiger partial charge in [-0.1, -0.05) is 30.3 Å². The van der Waals surface area contributed by atoms with E-state index in [0.717, 1.165) is 28.0 Å². The Labute approximate surface area is 140 Å². The normalized spacial score (nSPS) is 10.6. The van der Waals surface area contributed by atoms with Gasteiger partial charge < -0.3 is 19.4 Å². The molecule has 5 nitrogen and oxygen atoms in total. The maximum absolute atomic E-state index is 12.3. The summed E-state index contributed by atoms with van der Waals surface area (Å²) in [5.41, 5.74) is 1.87. The molecule has 5 heteroatoms. The summed E-state index contributed by atoms with van der Waals surface area (Å²) in [7, 11) is 3.26. The van der Waals surface area contributed by atoms with Crippen LogP contribution in [0.15, 0.2) is 54.7 Å². The minimum absolute atomic E-state index is 0.0655. The Kier molecular flexibility index (Phi) is 4.70. The molecule has 3 rings (SSSR count). The summed E-state index contributed by atoms with van der Waals surface area (Å²) in [4.78, 5) is 12.3. The zero-order valence-corrected chi connectivity index (χ0v) is 13.8. The van der Waals surface area contributed by atoms with E-state index in [4.69, 9.17) is 9.47 Å². The van der Waals surface area contributed by atoms with Crippen LogP contribution < -0.4 is 14.8 Å². The Bertz CT molecular complexity index is 855. The third-order valence-electron chi connectivity index (χ3n) is 3.95. The van der Waals surface area contributed by atoms with E-state index in [2.05, 4.69) is 5.32 Å². The van der Waals surface area contributed by atoms with Gasteiger partial charge in [0.25, 0.3) is 0 Å². The monoisotopic (exact) mass is 324 g/mol. The van der Waals surface area contributed by atoms with E-state index in [1.54, 1.807) is 14.2 Å². The Morgan fingerprint density at radius 3 is 2.54 bits per heavy atom. The lowest BCUT2D eigenvalue weighted by atomic mass is 10.2. The Morgan fingerprint density at radius 2 is 1.75 bits per heavy atom. The number of fused-ring (bicyclic) bond motifs is 1. The van der Waals surface area contributed by atoms with Gasteiger partial charge in [-0.2, -0.15) is 0 Å². The number of nitrogens with zero attached hydrogens (tertiary/aromatic N) is 1. The van der Waals surface area contributed by atoms with Crippen molar-refractivity contribution < 1.29 is 14.3 Å². The van der Waals surface area contributed by atoms with Gasteiger partial charge in [-0.25, -0.2) is 0 Å². The number of ether oxygens (including phenoxy) is 2. The van der Waals surface area contributed by atoms with Gasteiger partial charge in [0.15, 0.2) is 0 Å². The molecule has 0 aliphatic rings. The van der Waals surface area contributed by atoms with E-state index >= 15 is 0 Å². The predicted octanol–water partition coefficient (Wildman–Crippen LogP) is 2.97. The number of hydrogen-bond acceptors (Lipinski definition) is 3. The van der Waals surface area contributed by atoms with Gasteiger partial charge in [0.2, 0.25) is 5.91 Å². The molecule has 1 amide bonds. The van der Waals surface area contributed by atoms with Crippen LogP contribution in [0.2, 0.25) is 0 Å². The Morgan fingerprint density at radius 1 is 1.00 bits per heavy atom. The molecule has 0 saturated heterocycles. The highest BCUT2D eigenvalue weighted by atomic mass is 16.5. The highest BCUT2D eigenvalue weighted by Crippen LogP contribution is 2.26. The van der Waals surface area contributed by atoms with Crippen LogP contribution in [-0.2, 0) is 17.9 Å². The number of aromatic nitrogens is 1. The molecule has 0 bridgehead atoms. The molecule has 0 saturated carbocycles. The van der Waals surface area contributed by atoms with Gasteiger partial charge in [-0.3, -0.25) is 4.79 Å². The first-order valence-corrected chi connectivity index (χ1v) is 7.73.